The van der Waals surface area contributed by atoms with Gasteiger partial charge in [0.1, 0.15) is 0 Å². The van der Waals surface area contributed by atoms with E-state index in [-0.39, 0.29) is 12.1 Å². The molecule has 216 valence electrons. The molecule has 0 spiro atoms. The molecule has 0 radical (unpaired) electrons. The molecule has 0 bridgehead atoms. The van der Waals surface area contributed by atoms with E-state index in [0.29, 0.717) is 32.2 Å². The van der Waals surface area contributed by atoms with Crippen LogP contribution >= 0.6 is 0 Å². The van der Waals surface area contributed by atoms with Crippen LogP contribution in [0.5, 0.6) is 0 Å². The van der Waals surface area contributed by atoms with Crippen LogP contribution < -0.4 is 4.46 Å². The number of hydrogen-bond acceptors (Lipinski definition) is 2. The van der Waals surface area contributed by atoms with Gasteiger partial charge in [-0.1, -0.05) is 47.0 Å². The zero-order valence-corrected chi connectivity index (χ0v) is 27.1. The van der Waals surface area contributed by atoms with Gasteiger partial charge in [0.15, 0.2) is 0 Å². The second-order valence-electron chi connectivity index (χ2n) is 14.6. The minimum absolute atomic E-state index is 0.0173. The molecule has 3 saturated carbocycles. The third-order valence-corrected chi connectivity index (χ3v) is 14.0. The van der Waals surface area contributed by atoms with E-state index in [1.54, 1.807) is 5.57 Å². The van der Waals surface area contributed by atoms with Crippen LogP contribution in [0.3, 0.4) is 0 Å². The zero-order valence-electron chi connectivity index (χ0n) is 25.4. The van der Waals surface area contributed by atoms with Gasteiger partial charge in [-0.05, 0) is 24.2 Å². The van der Waals surface area contributed by atoms with Crippen molar-refractivity contribution in [2.45, 2.75) is 123 Å². The van der Waals surface area contributed by atoms with Crippen LogP contribution in [-0.2, 0) is 9.53 Å². The van der Waals surface area contributed by atoms with Gasteiger partial charge in [-0.15, -0.1) is 0 Å². The summed E-state index contributed by atoms with van der Waals surface area (Å²) in [5.41, 5.74) is 2.50. The molecule has 0 N–H and O–H groups in total. The molecule has 2 nitrogen and oxygen atoms in total. The van der Waals surface area contributed by atoms with E-state index >= 15 is 0 Å². The van der Waals surface area contributed by atoms with Crippen LogP contribution in [0.15, 0.2) is 42.0 Å². The molecule has 0 aromatic heterocycles. The Morgan fingerprint density at radius 3 is 2.56 bits per heavy atom. The van der Waals surface area contributed by atoms with Gasteiger partial charge in [-0.2, -0.15) is 0 Å². The predicted molar refractivity (Wildman–Crippen MR) is 164 cm³/mol. The van der Waals surface area contributed by atoms with Gasteiger partial charge in [-0.3, -0.25) is 0 Å². The second kappa shape index (κ2) is 12.4. The van der Waals surface area contributed by atoms with Crippen molar-refractivity contribution in [3.05, 3.63) is 42.0 Å². The average molecular weight is 598 g/mol. The van der Waals surface area contributed by atoms with Crippen molar-refractivity contribution < 1.29 is 9.53 Å². The Balaban J connectivity index is 1.16. The Kier molecular flexibility index (Phi) is 9.39. The Morgan fingerprint density at radius 2 is 1.79 bits per heavy atom. The number of rotatable bonds is 10. The number of allylic oxidation sites excluding steroid dienone is 1. The first-order chi connectivity index (χ1) is 18.7. The molecule has 8 atom stereocenters. The molecular formula is C36H54O2Se. The summed E-state index contributed by atoms with van der Waals surface area (Å²) in [7, 11) is 0. The van der Waals surface area contributed by atoms with Crippen molar-refractivity contribution in [1.29, 1.82) is 0 Å². The van der Waals surface area contributed by atoms with Gasteiger partial charge in [0.2, 0.25) is 0 Å². The molecule has 0 amide bonds. The van der Waals surface area contributed by atoms with E-state index in [9.17, 15) is 4.79 Å². The van der Waals surface area contributed by atoms with Crippen LogP contribution in [-0.4, -0.2) is 27.0 Å². The molecule has 0 heterocycles. The normalized spacial score (nSPS) is 36.5. The first kappa shape index (κ1) is 29.4. The van der Waals surface area contributed by atoms with Crippen LogP contribution in [0, 0.1) is 46.3 Å². The number of fused-ring (bicyclic) bond motifs is 5. The second-order valence-corrected chi connectivity index (χ2v) is 17.0. The summed E-state index contributed by atoms with van der Waals surface area (Å²) in [5.74, 6) is 5.25. The smallest absolute Gasteiger partial charge is 0.0591 e. The SMILES string of the molecule is CC(C)CCC[C@@H](C)[C@H]1CC[C@H]2[C@@H]3CC=C4C[C@@H](OC(=O)CC[Se]c5ccccc5)CC[C@]4(C)[C@H]3CC[C@]12C. The Bertz CT molecular complexity index is 1000. The minimum atomic E-state index is 0.0173. The van der Waals surface area contributed by atoms with Crippen molar-refractivity contribution in [3.63, 3.8) is 0 Å². The number of ether oxygens (including phenoxy) is 1. The first-order valence-electron chi connectivity index (χ1n) is 16.3. The molecule has 1 aromatic rings. The van der Waals surface area contributed by atoms with Crippen LogP contribution in [0.4, 0.5) is 0 Å². The predicted octanol–water partition coefficient (Wildman–Crippen LogP) is 8.78. The summed E-state index contributed by atoms with van der Waals surface area (Å²) in [6.45, 7) is 12.6. The molecule has 4 aliphatic rings. The van der Waals surface area contributed by atoms with Crippen LogP contribution in [0.2, 0.25) is 5.32 Å². The molecular weight excluding hydrogens is 543 g/mol. The van der Waals surface area contributed by atoms with E-state index in [0.717, 1.165) is 53.7 Å². The van der Waals surface area contributed by atoms with E-state index in [1.165, 1.54) is 62.2 Å². The summed E-state index contributed by atoms with van der Waals surface area (Å²) >= 11 is 0.354. The average Bonchev–Trinajstić information content (AvgIpc) is 3.26. The van der Waals surface area contributed by atoms with Crippen molar-refractivity contribution in [2.75, 3.05) is 0 Å². The van der Waals surface area contributed by atoms with Gasteiger partial charge in [0.05, 0.1) is 0 Å². The number of carbonyl (C=O) groups excluding carboxylic acids is 1. The molecule has 0 aliphatic heterocycles. The molecule has 3 fully saturated rings. The van der Waals surface area contributed by atoms with Gasteiger partial charge in [-0.25, -0.2) is 0 Å². The van der Waals surface area contributed by atoms with E-state index < -0.39 is 0 Å². The topological polar surface area (TPSA) is 26.3 Å². The third-order valence-electron chi connectivity index (χ3n) is 11.9. The minimum Gasteiger partial charge on any atom is -0.0591 e. The van der Waals surface area contributed by atoms with Crippen molar-refractivity contribution in [2.24, 2.45) is 46.3 Å². The fraction of sp³-hybridized carbons (Fsp3) is 0.750. The molecule has 3 heteroatoms. The Morgan fingerprint density at radius 1 is 1.00 bits per heavy atom. The Labute approximate surface area is 245 Å². The fourth-order valence-electron chi connectivity index (χ4n) is 9.77. The van der Waals surface area contributed by atoms with Crippen molar-refractivity contribution in [3.8, 4) is 0 Å². The summed E-state index contributed by atoms with van der Waals surface area (Å²) in [4.78, 5) is 12.7. The maximum atomic E-state index is 12.7. The number of benzene rings is 1. The Hall–Kier alpha value is -1.05. The third kappa shape index (κ3) is 6.25. The number of carbonyl (C=O) groups is 1. The van der Waals surface area contributed by atoms with Crippen LogP contribution in [0.25, 0.3) is 0 Å². The molecule has 39 heavy (non-hydrogen) atoms. The van der Waals surface area contributed by atoms with Gasteiger partial charge in [0, 0.05) is 0 Å². The summed E-state index contributed by atoms with van der Waals surface area (Å²) in [5, 5.41) is 0.935. The number of hydrogen-bond donors (Lipinski definition) is 0. The van der Waals surface area contributed by atoms with E-state index in [2.05, 4.69) is 71.0 Å². The van der Waals surface area contributed by atoms with Crippen LogP contribution in [0.1, 0.15) is 112 Å². The quantitative estimate of drug-likeness (QED) is 0.153. The van der Waals surface area contributed by atoms with Gasteiger partial charge >= 0.3 is 175 Å². The molecule has 1 aromatic carbocycles. The monoisotopic (exact) mass is 598 g/mol. The summed E-state index contributed by atoms with van der Waals surface area (Å²) in [6.07, 6.45) is 17.8. The standard InChI is InChI=1S/C36H54O2Se/c1-25(2)10-9-11-26(3)31-16-17-32-30-15-14-27-24-28(18-21-35(27,4)33(30)19-22-36(31,32)5)38-34(37)20-23-39-29-12-7-6-8-13-29/h6-8,12-14,25-26,28,30-33H,9-11,15-24H2,1-5H3/t26-,28+,30+,31-,32+,33+,35+,36-/m1/s1. The summed E-state index contributed by atoms with van der Waals surface area (Å²) in [6, 6.07) is 10.6. The molecule has 0 saturated heterocycles. The number of esters is 1. The fourth-order valence-corrected chi connectivity index (χ4v) is 11.6. The molecule has 0 unspecified atom stereocenters. The van der Waals surface area contributed by atoms with Gasteiger partial charge < -0.3 is 0 Å². The first-order valence-corrected chi connectivity index (χ1v) is 18.3. The van der Waals surface area contributed by atoms with Gasteiger partial charge in [0.25, 0.3) is 0 Å². The molecule has 5 rings (SSSR count). The van der Waals surface area contributed by atoms with Crippen molar-refractivity contribution in [1.82, 2.24) is 0 Å². The maximum absolute atomic E-state index is 12.7. The molecule has 4 aliphatic carbocycles. The van der Waals surface area contributed by atoms with Crippen molar-refractivity contribution >= 4 is 25.4 Å². The zero-order chi connectivity index (χ0) is 27.6. The van der Waals surface area contributed by atoms with E-state index in [1.807, 2.05) is 0 Å². The van der Waals surface area contributed by atoms with E-state index in [4.69, 9.17) is 4.74 Å². The summed E-state index contributed by atoms with van der Waals surface area (Å²) < 4.78 is 7.43.